The van der Waals surface area contributed by atoms with Crippen molar-refractivity contribution in [2.24, 2.45) is 0 Å². The van der Waals surface area contributed by atoms with Crippen molar-refractivity contribution in [3.8, 4) is 0 Å². The summed E-state index contributed by atoms with van der Waals surface area (Å²) in [7, 11) is 0. The minimum Gasteiger partial charge on any atom is -0.399 e. The molecular formula is C21H26ClFN2O2. The molecule has 1 aliphatic heterocycles. The Bertz CT molecular complexity index is 746. The molecule has 1 amide bonds. The molecule has 0 spiro atoms. The van der Waals surface area contributed by atoms with Crippen LogP contribution in [0.5, 0.6) is 0 Å². The van der Waals surface area contributed by atoms with E-state index in [1.165, 1.54) is 12.1 Å². The van der Waals surface area contributed by atoms with Crippen LogP contribution >= 0.6 is 12.4 Å². The molecule has 0 bridgehead atoms. The van der Waals surface area contributed by atoms with E-state index < -0.39 is 0 Å². The van der Waals surface area contributed by atoms with E-state index in [-0.39, 0.29) is 29.5 Å². The molecule has 3 rings (SSSR count). The number of hydrogen-bond acceptors (Lipinski definition) is 3. The van der Waals surface area contributed by atoms with E-state index in [0.717, 1.165) is 24.0 Å². The van der Waals surface area contributed by atoms with Gasteiger partial charge in [0.15, 0.2) is 0 Å². The number of nitrogen functional groups attached to an aromatic ring is 1. The number of nitrogens with one attached hydrogen (secondary N) is 1. The van der Waals surface area contributed by atoms with Gasteiger partial charge in [-0.1, -0.05) is 30.3 Å². The van der Waals surface area contributed by atoms with E-state index in [4.69, 9.17) is 10.5 Å². The van der Waals surface area contributed by atoms with Gasteiger partial charge in [-0.15, -0.1) is 12.4 Å². The largest absolute Gasteiger partial charge is 0.399 e. The number of nitrogens with two attached hydrogens (primary N) is 1. The molecule has 1 fully saturated rings. The summed E-state index contributed by atoms with van der Waals surface area (Å²) < 4.78 is 18.8. The van der Waals surface area contributed by atoms with Crippen LogP contribution in [0.25, 0.3) is 0 Å². The van der Waals surface area contributed by atoms with Gasteiger partial charge in [0, 0.05) is 37.3 Å². The number of amides is 1. The fourth-order valence-corrected chi connectivity index (χ4v) is 3.50. The van der Waals surface area contributed by atoms with E-state index in [2.05, 4.69) is 5.32 Å². The molecule has 0 aliphatic carbocycles. The van der Waals surface area contributed by atoms with Gasteiger partial charge in [0.05, 0.1) is 0 Å². The highest BCUT2D eigenvalue weighted by molar-refractivity contribution is 5.85. The van der Waals surface area contributed by atoms with E-state index in [1.54, 1.807) is 0 Å². The lowest BCUT2D eigenvalue weighted by atomic mass is 9.74. The summed E-state index contributed by atoms with van der Waals surface area (Å²) in [5.74, 6) is -0.248. The van der Waals surface area contributed by atoms with Crippen molar-refractivity contribution in [3.05, 3.63) is 65.5 Å². The Kier molecular flexibility index (Phi) is 7.63. The van der Waals surface area contributed by atoms with Gasteiger partial charge in [0.25, 0.3) is 0 Å². The van der Waals surface area contributed by atoms with Crippen LogP contribution in [0.1, 0.15) is 30.4 Å². The highest BCUT2D eigenvalue weighted by Gasteiger charge is 2.34. The SMILES string of the molecule is Cl.Nc1ccccc1CCC(=O)NCC1(c2ccc(F)cc2)CCOCC1. The zero-order valence-corrected chi connectivity index (χ0v) is 16.1. The van der Waals surface area contributed by atoms with E-state index >= 15 is 0 Å². The number of carbonyl (C=O) groups is 1. The van der Waals surface area contributed by atoms with Crippen LogP contribution in [0.15, 0.2) is 48.5 Å². The quantitative estimate of drug-likeness (QED) is 0.738. The second kappa shape index (κ2) is 9.72. The number of rotatable bonds is 6. The predicted octanol–water partition coefficient (Wildman–Crippen LogP) is 3.63. The van der Waals surface area contributed by atoms with Crippen molar-refractivity contribution >= 4 is 24.0 Å². The summed E-state index contributed by atoms with van der Waals surface area (Å²) >= 11 is 0. The molecule has 27 heavy (non-hydrogen) atoms. The average Bonchev–Trinajstić information content (AvgIpc) is 2.67. The molecule has 2 aromatic rings. The Morgan fingerprint density at radius 3 is 2.44 bits per heavy atom. The monoisotopic (exact) mass is 392 g/mol. The fraction of sp³-hybridized carbons (Fsp3) is 0.381. The predicted molar refractivity (Wildman–Crippen MR) is 108 cm³/mol. The maximum Gasteiger partial charge on any atom is 0.220 e. The molecule has 0 saturated carbocycles. The van der Waals surface area contributed by atoms with E-state index in [9.17, 15) is 9.18 Å². The molecule has 1 aliphatic rings. The molecule has 0 atom stereocenters. The standard InChI is InChI=1S/C21H25FN2O2.ClH/c22-18-8-6-17(7-9-18)21(11-13-26-14-12-21)15-24-20(25)10-5-16-3-1-2-4-19(16)23;/h1-4,6-9H,5,10-15,23H2,(H,24,25);1H. The minimum atomic E-state index is -0.250. The van der Waals surface area contributed by atoms with Gasteiger partial charge in [0.2, 0.25) is 5.91 Å². The summed E-state index contributed by atoms with van der Waals surface area (Å²) in [4.78, 5) is 12.4. The Labute approximate surface area is 165 Å². The molecular weight excluding hydrogens is 367 g/mol. The Morgan fingerprint density at radius 1 is 1.11 bits per heavy atom. The highest BCUT2D eigenvalue weighted by Crippen LogP contribution is 2.34. The zero-order valence-electron chi connectivity index (χ0n) is 15.2. The number of benzene rings is 2. The lowest BCUT2D eigenvalue weighted by Crippen LogP contribution is -2.44. The van der Waals surface area contributed by atoms with Gasteiger partial charge in [-0.3, -0.25) is 4.79 Å². The Balaban J connectivity index is 0.00000261. The third-order valence-electron chi connectivity index (χ3n) is 5.21. The number of aryl methyl sites for hydroxylation is 1. The summed E-state index contributed by atoms with van der Waals surface area (Å²) in [5.41, 5.74) is 8.48. The smallest absolute Gasteiger partial charge is 0.220 e. The maximum atomic E-state index is 13.3. The van der Waals surface area contributed by atoms with Gasteiger partial charge in [-0.2, -0.15) is 0 Å². The van der Waals surface area contributed by atoms with Crippen LogP contribution in [0, 0.1) is 5.82 Å². The van der Waals surface area contributed by atoms with Crippen LogP contribution in [0.3, 0.4) is 0 Å². The Hall–Kier alpha value is -2.11. The number of para-hydroxylation sites is 1. The number of carbonyl (C=O) groups excluding carboxylic acids is 1. The van der Waals surface area contributed by atoms with Gasteiger partial charge in [0.1, 0.15) is 5.82 Å². The van der Waals surface area contributed by atoms with Crippen molar-refractivity contribution < 1.29 is 13.9 Å². The van der Waals surface area contributed by atoms with Gasteiger partial charge >= 0.3 is 0 Å². The zero-order chi connectivity index (χ0) is 18.4. The fourth-order valence-electron chi connectivity index (χ4n) is 3.50. The second-order valence-electron chi connectivity index (χ2n) is 6.88. The van der Waals surface area contributed by atoms with Crippen molar-refractivity contribution in [1.82, 2.24) is 5.32 Å². The lowest BCUT2D eigenvalue weighted by molar-refractivity contribution is -0.121. The number of hydrogen-bond donors (Lipinski definition) is 2. The number of ether oxygens (including phenoxy) is 1. The first-order valence-corrected chi connectivity index (χ1v) is 9.03. The van der Waals surface area contributed by atoms with Crippen molar-refractivity contribution in [1.29, 1.82) is 0 Å². The van der Waals surface area contributed by atoms with Crippen molar-refractivity contribution in [3.63, 3.8) is 0 Å². The Morgan fingerprint density at radius 2 is 1.78 bits per heavy atom. The first-order valence-electron chi connectivity index (χ1n) is 9.03. The van der Waals surface area contributed by atoms with Crippen LogP contribution in [0.2, 0.25) is 0 Å². The summed E-state index contributed by atoms with van der Waals surface area (Å²) in [6.07, 6.45) is 2.63. The van der Waals surface area contributed by atoms with Crippen LogP contribution < -0.4 is 11.1 Å². The topological polar surface area (TPSA) is 64.4 Å². The summed E-state index contributed by atoms with van der Waals surface area (Å²) in [5, 5.41) is 3.07. The third-order valence-corrected chi connectivity index (χ3v) is 5.21. The molecule has 3 N–H and O–H groups in total. The molecule has 6 heteroatoms. The van der Waals surface area contributed by atoms with Gasteiger partial charge in [-0.25, -0.2) is 4.39 Å². The third kappa shape index (κ3) is 5.44. The summed E-state index contributed by atoms with van der Waals surface area (Å²) in [6, 6.07) is 14.2. The molecule has 0 unspecified atom stereocenters. The normalized spacial score (nSPS) is 15.6. The lowest BCUT2D eigenvalue weighted by Gasteiger charge is -2.38. The summed E-state index contributed by atoms with van der Waals surface area (Å²) in [6.45, 7) is 1.83. The van der Waals surface area contributed by atoms with E-state index in [0.29, 0.717) is 38.3 Å². The van der Waals surface area contributed by atoms with Crippen LogP contribution in [-0.4, -0.2) is 25.7 Å². The van der Waals surface area contributed by atoms with Crippen LogP contribution in [0.4, 0.5) is 10.1 Å². The molecule has 4 nitrogen and oxygen atoms in total. The average molecular weight is 393 g/mol. The minimum absolute atomic E-state index is 0. The van der Waals surface area contributed by atoms with Crippen molar-refractivity contribution in [2.45, 2.75) is 31.1 Å². The van der Waals surface area contributed by atoms with E-state index in [1.807, 2.05) is 36.4 Å². The molecule has 146 valence electrons. The molecule has 2 aromatic carbocycles. The molecule has 1 heterocycles. The van der Waals surface area contributed by atoms with Crippen LogP contribution in [-0.2, 0) is 21.4 Å². The molecule has 1 saturated heterocycles. The molecule has 0 aromatic heterocycles. The van der Waals surface area contributed by atoms with Gasteiger partial charge in [-0.05, 0) is 48.6 Å². The number of anilines is 1. The van der Waals surface area contributed by atoms with Gasteiger partial charge < -0.3 is 15.8 Å². The first kappa shape index (κ1) is 21.2. The maximum absolute atomic E-state index is 13.3. The highest BCUT2D eigenvalue weighted by atomic mass is 35.5. The molecule has 0 radical (unpaired) electrons. The van der Waals surface area contributed by atoms with Crippen molar-refractivity contribution in [2.75, 3.05) is 25.5 Å². The second-order valence-corrected chi connectivity index (χ2v) is 6.88. The number of halogens is 2. The first-order chi connectivity index (χ1) is 12.6.